The Bertz CT molecular complexity index is 1090. The molecule has 3 aromatic rings. The van der Waals surface area contributed by atoms with Crippen molar-refractivity contribution in [1.82, 2.24) is 19.2 Å². The van der Waals surface area contributed by atoms with Crippen LogP contribution in [0, 0.1) is 5.82 Å². The first-order chi connectivity index (χ1) is 14.0. The van der Waals surface area contributed by atoms with Gasteiger partial charge in [0.05, 0.1) is 22.8 Å². The molecule has 3 heterocycles. The Morgan fingerprint density at radius 2 is 2.24 bits per heavy atom. The fourth-order valence-electron chi connectivity index (χ4n) is 4.08. The summed E-state index contributed by atoms with van der Waals surface area (Å²) in [6, 6.07) is 3.44. The van der Waals surface area contributed by atoms with E-state index in [1.165, 1.54) is 0 Å². The van der Waals surface area contributed by atoms with E-state index in [0.717, 1.165) is 16.8 Å². The van der Waals surface area contributed by atoms with Gasteiger partial charge < -0.3 is 19.3 Å². The summed E-state index contributed by atoms with van der Waals surface area (Å²) in [5, 5.41) is 14.5. The molecule has 2 aromatic heterocycles. The molecule has 0 radical (unpaired) electrons. The molecule has 29 heavy (non-hydrogen) atoms. The Labute approximate surface area is 172 Å². The second-order valence-electron chi connectivity index (χ2n) is 7.11. The number of amides is 1. The lowest BCUT2D eigenvalue weighted by molar-refractivity contribution is -0.135. The summed E-state index contributed by atoms with van der Waals surface area (Å²) >= 11 is 6.27. The summed E-state index contributed by atoms with van der Waals surface area (Å²) < 4.78 is 24.1. The lowest BCUT2D eigenvalue weighted by Crippen LogP contribution is -2.38. The van der Waals surface area contributed by atoms with Gasteiger partial charge in [0.25, 0.3) is 0 Å². The molecule has 0 unspecified atom stereocenters. The molecule has 0 saturated heterocycles. The van der Waals surface area contributed by atoms with Gasteiger partial charge in [0.2, 0.25) is 5.91 Å². The van der Waals surface area contributed by atoms with Gasteiger partial charge in [0, 0.05) is 68.6 Å². The summed E-state index contributed by atoms with van der Waals surface area (Å²) in [5.74, 6) is -0.839. The van der Waals surface area contributed by atoms with Crippen molar-refractivity contribution in [2.45, 2.75) is 19.5 Å². The van der Waals surface area contributed by atoms with Crippen molar-refractivity contribution >= 4 is 28.4 Å². The molecule has 0 fully saturated rings. The highest BCUT2D eigenvalue weighted by Gasteiger charge is 2.30. The number of fused-ring (bicyclic) bond motifs is 3. The molecule has 0 atom stereocenters. The minimum atomic E-state index is -0.551. The number of hydrogen-bond donors (Lipinski definition) is 1. The van der Waals surface area contributed by atoms with Crippen LogP contribution in [0.2, 0.25) is 5.02 Å². The van der Waals surface area contributed by atoms with E-state index in [0.29, 0.717) is 49.3 Å². The van der Waals surface area contributed by atoms with Crippen LogP contribution in [0.5, 0.6) is 0 Å². The molecular formula is C20H22ClFN4O3. The maximum absolute atomic E-state index is 15.3. The minimum Gasteiger partial charge on any atom is -0.387 e. The van der Waals surface area contributed by atoms with Crippen molar-refractivity contribution in [1.29, 1.82) is 0 Å². The third-order valence-electron chi connectivity index (χ3n) is 5.40. The second-order valence-corrected chi connectivity index (χ2v) is 7.52. The Balaban J connectivity index is 2.01. The zero-order chi connectivity index (χ0) is 20.7. The molecule has 1 aromatic carbocycles. The molecule has 4 rings (SSSR count). The van der Waals surface area contributed by atoms with Crippen LogP contribution in [0.1, 0.15) is 11.3 Å². The molecule has 1 amide bonds. The van der Waals surface area contributed by atoms with Crippen LogP contribution in [0.15, 0.2) is 18.3 Å². The molecular weight excluding hydrogens is 399 g/mol. The van der Waals surface area contributed by atoms with Crippen molar-refractivity contribution < 1.29 is 19.0 Å². The van der Waals surface area contributed by atoms with Gasteiger partial charge in [0.1, 0.15) is 6.61 Å². The number of nitrogens with zero attached hydrogens (tertiary/aromatic N) is 4. The van der Waals surface area contributed by atoms with Crippen molar-refractivity contribution in [3.8, 4) is 11.3 Å². The Morgan fingerprint density at radius 1 is 1.45 bits per heavy atom. The first-order valence-electron chi connectivity index (χ1n) is 9.35. The van der Waals surface area contributed by atoms with Crippen LogP contribution in [0.3, 0.4) is 0 Å². The normalized spacial score (nSPS) is 13.9. The molecule has 1 aliphatic heterocycles. The fourth-order valence-corrected chi connectivity index (χ4v) is 4.28. The van der Waals surface area contributed by atoms with Crippen LogP contribution < -0.4 is 0 Å². The second kappa shape index (κ2) is 7.78. The van der Waals surface area contributed by atoms with Crippen molar-refractivity contribution in [3.63, 3.8) is 0 Å². The number of methoxy groups -OCH3 is 1. The fraction of sp³-hybridized carbons (Fsp3) is 0.400. The smallest absolute Gasteiger partial charge is 0.248 e. The molecule has 1 N–H and O–H groups in total. The maximum Gasteiger partial charge on any atom is 0.248 e. The summed E-state index contributed by atoms with van der Waals surface area (Å²) in [7, 11) is 3.41. The molecule has 0 spiro atoms. The number of rotatable bonds is 5. The molecule has 7 nitrogen and oxygen atoms in total. The Hall–Kier alpha value is -2.42. The number of carbonyl (C=O) groups is 1. The van der Waals surface area contributed by atoms with Gasteiger partial charge >= 0.3 is 0 Å². The van der Waals surface area contributed by atoms with Gasteiger partial charge in [-0.3, -0.25) is 9.48 Å². The van der Waals surface area contributed by atoms with E-state index >= 15 is 4.39 Å². The Morgan fingerprint density at radius 3 is 2.90 bits per heavy atom. The van der Waals surface area contributed by atoms with Gasteiger partial charge in [-0.1, -0.05) is 11.6 Å². The maximum atomic E-state index is 15.3. The first-order valence-corrected chi connectivity index (χ1v) is 9.73. The third kappa shape index (κ3) is 3.31. The van der Waals surface area contributed by atoms with Crippen molar-refractivity contribution in [2.75, 3.05) is 26.9 Å². The minimum absolute atomic E-state index is 0.0231. The van der Waals surface area contributed by atoms with Crippen LogP contribution in [0.4, 0.5) is 4.39 Å². The van der Waals surface area contributed by atoms with Gasteiger partial charge in [-0.15, -0.1) is 0 Å². The van der Waals surface area contributed by atoms with Crippen molar-refractivity contribution in [2.24, 2.45) is 7.05 Å². The highest BCUT2D eigenvalue weighted by atomic mass is 35.5. The molecule has 0 aliphatic carbocycles. The monoisotopic (exact) mass is 420 g/mol. The highest BCUT2D eigenvalue weighted by Crippen LogP contribution is 2.41. The van der Waals surface area contributed by atoms with Gasteiger partial charge in [-0.05, 0) is 12.1 Å². The summed E-state index contributed by atoms with van der Waals surface area (Å²) in [6.45, 7) is 1.09. The molecule has 0 bridgehead atoms. The summed E-state index contributed by atoms with van der Waals surface area (Å²) in [6.07, 6.45) is 2.37. The van der Waals surface area contributed by atoms with E-state index in [2.05, 4.69) is 5.10 Å². The molecule has 1 aliphatic rings. The van der Waals surface area contributed by atoms with Crippen LogP contribution in [0.25, 0.3) is 22.2 Å². The number of aryl methyl sites for hydroxylation is 1. The number of ether oxygens (including phenoxy) is 1. The molecule has 0 saturated carbocycles. The highest BCUT2D eigenvalue weighted by molar-refractivity contribution is 6.32. The van der Waals surface area contributed by atoms with E-state index in [4.69, 9.17) is 16.3 Å². The lowest BCUT2D eigenvalue weighted by Gasteiger charge is -2.28. The van der Waals surface area contributed by atoms with E-state index in [1.54, 1.807) is 22.8 Å². The van der Waals surface area contributed by atoms with Gasteiger partial charge in [-0.25, -0.2) is 4.39 Å². The average Bonchev–Trinajstić information content (AvgIpc) is 3.29. The van der Waals surface area contributed by atoms with E-state index in [-0.39, 0.29) is 10.9 Å². The molecule has 9 heteroatoms. The summed E-state index contributed by atoms with van der Waals surface area (Å²) in [4.78, 5) is 13.7. The van der Waals surface area contributed by atoms with E-state index in [9.17, 15) is 9.90 Å². The van der Waals surface area contributed by atoms with E-state index in [1.807, 2.05) is 23.9 Å². The van der Waals surface area contributed by atoms with Crippen LogP contribution in [-0.2, 0) is 36.1 Å². The predicted molar refractivity (Wildman–Crippen MR) is 107 cm³/mol. The van der Waals surface area contributed by atoms with Gasteiger partial charge in [-0.2, -0.15) is 5.10 Å². The average molecular weight is 421 g/mol. The SMILES string of the molecule is COCCn1c2c(c3c(-c4ccn(C)n4)cc(Cl)c(F)c31)CN(C(=O)CO)CC2. The first kappa shape index (κ1) is 19.9. The number of aromatic nitrogens is 3. The Kier molecular flexibility index (Phi) is 5.33. The number of carbonyl (C=O) groups excluding carboxylic acids is 1. The third-order valence-corrected chi connectivity index (χ3v) is 5.68. The quantitative estimate of drug-likeness (QED) is 0.687. The number of aliphatic hydroxyl groups is 1. The predicted octanol–water partition coefficient (Wildman–Crippen LogP) is 2.36. The zero-order valence-corrected chi connectivity index (χ0v) is 17.0. The van der Waals surface area contributed by atoms with Crippen LogP contribution in [-0.4, -0.2) is 57.1 Å². The molecule has 154 valence electrons. The number of halogens is 2. The van der Waals surface area contributed by atoms with Gasteiger partial charge in [0.15, 0.2) is 5.82 Å². The number of hydrogen-bond acceptors (Lipinski definition) is 4. The van der Waals surface area contributed by atoms with Crippen LogP contribution >= 0.6 is 11.6 Å². The zero-order valence-electron chi connectivity index (χ0n) is 16.3. The largest absolute Gasteiger partial charge is 0.387 e. The van der Waals surface area contributed by atoms with E-state index < -0.39 is 12.4 Å². The number of benzene rings is 1. The topological polar surface area (TPSA) is 72.5 Å². The van der Waals surface area contributed by atoms with Crippen molar-refractivity contribution in [3.05, 3.63) is 40.4 Å². The number of aliphatic hydroxyl groups excluding tert-OH is 1. The summed E-state index contributed by atoms with van der Waals surface area (Å²) in [5.41, 5.74) is 3.62. The standard InChI is InChI=1S/C20H22ClFN4O3/c1-24-5-3-15(23-24)12-9-14(21)19(22)20-18(12)13-10-25(17(28)11-27)6-4-16(13)26(20)7-8-29-2/h3,5,9,27H,4,6-8,10-11H2,1-2H3. The lowest BCUT2D eigenvalue weighted by atomic mass is 9.98.